The standard InChI is InChI=1S/C21H22N2O3/c1-4-18(21(25)22-15-9-11-16(26-3)12-10-15)23-19-8-6-5-7-17(19)14(2)13-20(23)24/h5-13,18H,4H2,1-3H3,(H,22,25). The number of aromatic nitrogens is 1. The Morgan fingerprint density at radius 2 is 1.85 bits per heavy atom. The molecule has 134 valence electrons. The second-order valence-electron chi connectivity index (χ2n) is 6.19. The van der Waals surface area contributed by atoms with Crippen molar-refractivity contribution in [1.29, 1.82) is 0 Å². The average Bonchev–Trinajstić information content (AvgIpc) is 2.65. The van der Waals surface area contributed by atoms with Crippen LogP contribution in [-0.2, 0) is 4.79 Å². The highest BCUT2D eigenvalue weighted by atomic mass is 16.5. The van der Waals surface area contributed by atoms with Gasteiger partial charge in [0.1, 0.15) is 11.8 Å². The van der Waals surface area contributed by atoms with Crippen LogP contribution in [0.1, 0.15) is 24.9 Å². The van der Waals surface area contributed by atoms with Crippen molar-refractivity contribution in [3.05, 3.63) is 70.5 Å². The lowest BCUT2D eigenvalue weighted by atomic mass is 10.1. The molecule has 0 aliphatic heterocycles. The molecule has 0 saturated heterocycles. The van der Waals surface area contributed by atoms with E-state index in [1.165, 1.54) is 0 Å². The second-order valence-corrected chi connectivity index (χ2v) is 6.19. The topological polar surface area (TPSA) is 60.3 Å². The SMILES string of the molecule is CCC(C(=O)Nc1ccc(OC)cc1)n1c(=O)cc(C)c2ccccc21. The van der Waals surface area contributed by atoms with E-state index in [2.05, 4.69) is 5.32 Å². The molecule has 0 radical (unpaired) electrons. The van der Waals surface area contributed by atoms with Crippen molar-refractivity contribution in [2.45, 2.75) is 26.3 Å². The molecule has 0 fully saturated rings. The third-order valence-electron chi connectivity index (χ3n) is 4.52. The Balaban J connectivity index is 1.99. The van der Waals surface area contributed by atoms with Crippen LogP contribution in [0.4, 0.5) is 5.69 Å². The average molecular weight is 350 g/mol. The van der Waals surface area contributed by atoms with Gasteiger partial charge in [-0.15, -0.1) is 0 Å². The van der Waals surface area contributed by atoms with Crippen LogP contribution in [0.2, 0.25) is 0 Å². The quantitative estimate of drug-likeness (QED) is 0.759. The summed E-state index contributed by atoms with van der Waals surface area (Å²) in [4.78, 5) is 25.5. The van der Waals surface area contributed by atoms with Gasteiger partial charge in [0.25, 0.3) is 5.56 Å². The number of hydrogen-bond acceptors (Lipinski definition) is 3. The number of nitrogens with zero attached hydrogens (tertiary/aromatic N) is 1. The molecule has 2 aromatic carbocycles. The number of anilines is 1. The number of ether oxygens (including phenoxy) is 1. The van der Waals surface area contributed by atoms with Crippen LogP contribution < -0.4 is 15.6 Å². The molecule has 0 bridgehead atoms. The van der Waals surface area contributed by atoms with Crippen molar-refractivity contribution in [3.63, 3.8) is 0 Å². The Kier molecular flexibility index (Phi) is 5.07. The van der Waals surface area contributed by atoms with Crippen molar-refractivity contribution >= 4 is 22.5 Å². The minimum Gasteiger partial charge on any atom is -0.497 e. The van der Waals surface area contributed by atoms with Crippen molar-refractivity contribution in [3.8, 4) is 5.75 Å². The van der Waals surface area contributed by atoms with Crippen LogP contribution >= 0.6 is 0 Å². The summed E-state index contributed by atoms with van der Waals surface area (Å²) in [5.41, 5.74) is 2.18. The molecule has 26 heavy (non-hydrogen) atoms. The van der Waals surface area contributed by atoms with E-state index >= 15 is 0 Å². The van der Waals surface area contributed by atoms with Gasteiger partial charge in [-0.3, -0.25) is 14.2 Å². The molecule has 0 aliphatic carbocycles. The monoisotopic (exact) mass is 350 g/mol. The Morgan fingerprint density at radius 3 is 2.50 bits per heavy atom. The van der Waals surface area contributed by atoms with E-state index in [0.29, 0.717) is 12.1 Å². The molecule has 1 heterocycles. The third kappa shape index (κ3) is 3.33. The molecule has 1 atom stereocenters. The molecular formula is C21H22N2O3. The normalized spacial score (nSPS) is 12.0. The first kappa shape index (κ1) is 17.7. The van der Waals surface area contributed by atoms with Gasteiger partial charge in [0, 0.05) is 17.1 Å². The minimum atomic E-state index is -0.588. The summed E-state index contributed by atoms with van der Waals surface area (Å²) in [6.07, 6.45) is 0.509. The number of nitrogens with one attached hydrogen (secondary N) is 1. The minimum absolute atomic E-state index is 0.169. The number of carbonyl (C=O) groups is 1. The number of benzene rings is 2. The van der Waals surface area contributed by atoms with Gasteiger partial charge in [-0.2, -0.15) is 0 Å². The van der Waals surface area contributed by atoms with E-state index in [1.54, 1.807) is 42.0 Å². The molecule has 1 aromatic heterocycles. The van der Waals surface area contributed by atoms with Gasteiger partial charge < -0.3 is 10.1 Å². The molecule has 5 heteroatoms. The van der Waals surface area contributed by atoms with Crippen molar-refractivity contribution < 1.29 is 9.53 Å². The summed E-state index contributed by atoms with van der Waals surface area (Å²) >= 11 is 0. The first-order valence-electron chi connectivity index (χ1n) is 8.61. The van der Waals surface area contributed by atoms with E-state index < -0.39 is 6.04 Å². The van der Waals surface area contributed by atoms with Gasteiger partial charge in [-0.25, -0.2) is 0 Å². The summed E-state index contributed by atoms with van der Waals surface area (Å²) in [7, 11) is 1.59. The predicted octanol–water partition coefficient (Wildman–Crippen LogP) is 3.91. The van der Waals surface area contributed by atoms with Gasteiger partial charge in [0.05, 0.1) is 12.6 Å². The van der Waals surface area contributed by atoms with Crippen molar-refractivity contribution in [2.24, 2.45) is 0 Å². The third-order valence-corrected chi connectivity index (χ3v) is 4.52. The highest BCUT2D eigenvalue weighted by Gasteiger charge is 2.22. The summed E-state index contributed by atoms with van der Waals surface area (Å²) in [6, 6.07) is 15.8. The molecular weight excluding hydrogens is 328 g/mol. The lowest BCUT2D eigenvalue weighted by Gasteiger charge is -2.21. The Hall–Kier alpha value is -3.08. The number of para-hydroxylation sites is 1. The zero-order chi connectivity index (χ0) is 18.7. The van der Waals surface area contributed by atoms with Gasteiger partial charge in [-0.05, 0) is 49.2 Å². The first-order chi connectivity index (χ1) is 12.5. The van der Waals surface area contributed by atoms with Crippen LogP contribution in [0.25, 0.3) is 10.9 Å². The Labute approximate surface area is 152 Å². The van der Waals surface area contributed by atoms with Crippen molar-refractivity contribution in [2.75, 3.05) is 12.4 Å². The van der Waals surface area contributed by atoms with E-state index in [-0.39, 0.29) is 11.5 Å². The second kappa shape index (κ2) is 7.44. The smallest absolute Gasteiger partial charge is 0.252 e. The maximum Gasteiger partial charge on any atom is 0.252 e. The van der Waals surface area contributed by atoms with Gasteiger partial charge in [0.15, 0.2) is 0 Å². The van der Waals surface area contributed by atoms with Crippen LogP contribution in [0.3, 0.4) is 0 Å². The number of rotatable bonds is 5. The summed E-state index contributed by atoms with van der Waals surface area (Å²) in [6.45, 7) is 3.81. The fourth-order valence-electron chi connectivity index (χ4n) is 3.18. The number of pyridine rings is 1. The molecule has 1 unspecified atom stereocenters. The number of methoxy groups -OCH3 is 1. The van der Waals surface area contributed by atoms with Crippen LogP contribution in [-0.4, -0.2) is 17.6 Å². The van der Waals surface area contributed by atoms with Crippen LogP contribution in [0.5, 0.6) is 5.75 Å². The highest BCUT2D eigenvalue weighted by Crippen LogP contribution is 2.23. The maximum atomic E-state index is 12.9. The van der Waals surface area contributed by atoms with Gasteiger partial charge >= 0.3 is 0 Å². The lowest BCUT2D eigenvalue weighted by Crippen LogP contribution is -2.33. The summed E-state index contributed by atoms with van der Waals surface area (Å²) in [5, 5.41) is 3.87. The number of amides is 1. The molecule has 1 amide bonds. The van der Waals surface area contributed by atoms with Crippen LogP contribution in [0, 0.1) is 6.92 Å². The highest BCUT2D eigenvalue weighted by molar-refractivity contribution is 5.95. The molecule has 3 rings (SSSR count). The van der Waals surface area contributed by atoms with E-state index in [1.807, 2.05) is 38.1 Å². The molecule has 0 spiro atoms. The maximum absolute atomic E-state index is 12.9. The molecule has 0 aliphatic rings. The van der Waals surface area contributed by atoms with E-state index in [4.69, 9.17) is 4.74 Å². The largest absolute Gasteiger partial charge is 0.497 e. The molecule has 3 aromatic rings. The Morgan fingerprint density at radius 1 is 1.15 bits per heavy atom. The van der Waals surface area contributed by atoms with E-state index in [9.17, 15) is 9.59 Å². The fourth-order valence-corrected chi connectivity index (χ4v) is 3.18. The zero-order valence-corrected chi connectivity index (χ0v) is 15.2. The van der Waals surface area contributed by atoms with Crippen LogP contribution in [0.15, 0.2) is 59.4 Å². The number of hydrogen-bond donors (Lipinski definition) is 1. The molecule has 1 N–H and O–H groups in total. The molecule has 5 nitrogen and oxygen atoms in total. The number of carbonyl (C=O) groups excluding carboxylic acids is 1. The predicted molar refractivity (Wildman–Crippen MR) is 104 cm³/mol. The summed E-state index contributed by atoms with van der Waals surface area (Å²) in [5.74, 6) is 0.504. The fraction of sp³-hybridized carbons (Fsp3) is 0.238. The molecule has 0 saturated carbocycles. The first-order valence-corrected chi connectivity index (χ1v) is 8.61. The Bertz CT molecular complexity index is 990. The van der Waals surface area contributed by atoms with E-state index in [0.717, 1.165) is 22.2 Å². The lowest BCUT2D eigenvalue weighted by molar-refractivity contribution is -0.119. The zero-order valence-electron chi connectivity index (χ0n) is 15.2. The number of aryl methyl sites for hydroxylation is 1. The summed E-state index contributed by atoms with van der Waals surface area (Å²) < 4.78 is 6.71. The van der Waals surface area contributed by atoms with Gasteiger partial charge in [0.2, 0.25) is 5.91 Å². The van der Waals surface area contributed by atoms with Crippen molar-refractivity contribution in [1.82, 2.24) is 4.57 Å². The number of fused-ring (bicyclic) bond motifs is 1. The van der Waals surface area contributed by atoms with Gasteiger partial charge in [-0.1, -0.05) is 25.1 Å².